The molecule has 2 aromatic carbocycles. The van der Waals surface area contributed by atoms with E-state index in [0.717, 1.165) is 12.1 Å². The molecule has 0 aliphatic heterocycles. The summed E-state index contributed by atoms with van der Waals surface area (Å²) in [4.78, 5) is 8.59. The Kier molecular flexibility index (Phi) is 5.81. The van der Waals surface area contributed by atoms with Gasteiger partial charge in [-0.25, -0.2) is 9.37 Å². The Bertz CT molecular complexity index is 1300. The first-order valence-corrected chi connectivity index (χ1v) is 9.81. The maximum atomic E-state index is 14.3. The van der Waals surface area contributed by atoms with Gasteiger partial charge in [0.05, 0.1) is 16.9 Å². The zero-order valence-electron chi connectivity index (χ0n) is 17.0. The van der Waals surface area contributed by atoms with Crippen molar-refractivity contribution in [2.75, 3.05) is 16.4 Å². The number of rotatable bonds is 5. The monoisotopic (exact) mass is 477 g/mol. The number of nitrogen functional groups attached to an aromatic ring is 1. The van der Waals surface area contributed by atoms with E-state index in [0.29, 0.717) is 22.5 Å². The minimum absolute atomic E-state index is 0.0345. The van der Waals surface area contributed by atoms with Gasteiger partial charge in [-0.05, 0) is 35.9 Å². The highest BCUT2D eigenvalue weighted by molar-refractivity contribution is 6.32. The van der Waals surface area contributed by atoms with Crippen LogP contribution in [0.1, 0.15) is 5.56 Å². The van der Waals surface area contributed by atoms with E-state index in [2.05, 4.69) is 25.7 Å². The molecular formula is C21H16ClF4N7. The molecule has 0 spiro atoms. The largest absolute Gasteiger partial charge is 0.416 e. The smallest absolute Gasteiger partial charge is 0.399 e. The molecule has 4 aromatic rings. The van der Waals surface area contributed by atoms with E-state index in [4.69, 9.17) is 17.3 Å². The Morgan fingerprint density at radius 1 is 1.03 bits per heavy atom. The Hall–Kier alpha value is -3.86. The number of nitrogens with zero attached hydrogens (tertiary/aromatic N) is 4. The Labute approximate surface area is 190 Å². The molecule has 0 fully saturated rings. The first-order valence-electron chi connectivity index (χ1n) is 9.43. The predicted molar refractivity (Wildman–Crippen MR) is 118 cm³/mol. The SMILES string of the molecule is Cn1cc(Nc2ncc(-c3ccc(C(F)(F)F)cc3)c(Nc3cc(N)ccc3F)n2)c(Cl)n1. The number of hydrogen-bond donors (Lipinski definition) is 3. The zero-order chi connectivity index (χ0) is 23.8. The average Bonchev–Trinajstić information content (AvgIpc) is 3.07. The number of anilines is 5. The van der Waals surface area contributed by atoms with Crippen molar-refractivity contribution < 1.29 is 17.6 Å². The highest BCUT2D eigenvalue weighted by Crippen LogP contribution is 2.34. The molecule has 12 heteroatoms. The lowest BCUT2D eigenvalue weighted by Gasteiger charge is -2.14. The summed E-state index contributed by atoms with van der Waals surface area (Å²) in [5.74, 6) is -0.352. The summed E-state index contributed by atoms with van der Waals surface area (Å²) >= 11 is 6.06. The third kappa shape index (κ3) is 4.98. The maximum absolute atomic E-state index is 14.3. The van der Waals surface area contributed by atoms with Gasteiger partial charge in [-0.2, -0.15) is 23.3 Å². The topological polar surface area (TPSA) is 93.7 Å². The Morgan fingerprint density at radius 2 is 1.76 bits per heavy atom. The summed E-state index contributed by atoms with van der Waals surface area (Å²) in [5.41, 5.74) is 6.47. The summed E-state index contributed by atoms with van der Waals surface area (Å²) in [7, 11) is 1.68. The molecule has 2 heterocycles. The number of hydrogen-bond acceptors (Lipinski definition) is 6. The van der Waals surface area contributed by atoms with E-state index in [9.17, 15) is 17.6 Å². The molecule has 0 saturated carbocycles. The standard InChI is InChI=1S/C21H16ClF4N7/c1-33-10-17(18(22)32-33)30-20-28-9-14(11-2-4-12(5-3-11)21(24,25)26)19(31-20)29-16-8-13(27)6-7-15(16)23/h2-10H,27H2,1H3,(H2,28,29,30,31). The van der Waals surface area contributed by atoms with Gasteiger partial charge in [0.1, 0.15) is 11.6 Å². The first-order chi connectivity index (χ1) is 15.6. The number of alkyl halides is 3. The second-order valence-corrected chi connectivity index (χ2v) is 7.39. The van der Waals surface area contributed by atoms with Crippen LogP contribution in [0.4, 0.5) is 46.4 Å². The zero-order valence-corrected chi connectivity index (χ0v) is 17.7. The van der Waals surface area contributed by atoms with Crippen molar-refractivity contribution in [1.29, 1.82) is 0 Å². The molecule has 0 atom stereocenters. The third-order valence-corrected chi connectivity index (χ3v) is 4.86. The summed E-state index contributed by atoms with van der Waals surface area (Å²) in [6.07, 6.45) is -1.47. The molecule has 7 nitrogen and oxygen atoms in total. The fraction of sp³-hybridized carbons (Fsp3) is 0.0952. The van der Waals surface area contributed by atoms with Gasteiger partial charge in [-0.3, -0.25) is 4.68 Å². The van der Waals surface area contributed by atoms with E-state index in [1.165, 1.54) is 41.2 Å². The lowest BCUT2D eigenvalue weighted by molar-refractivity contribution is -0.137. The van der Waals surface area contributed by atoms with E-state index in [-0.39, 0.29) is 22.6 Å². The second kappa shape index (κ2) is 8.58. The molecule has 4 rings (SSSR count). The van der Waals surface area contributed by atoms with E-state index in [1.54, 1.807) is 13.2 Å². The number of nitrogens with one attached hydrogen (secondary N) is 2. The van der Waals surface area contributed by atoms with Crippen LogP contribution in [0, 0.1) is 5.82 Å². The lowest BCUT2D eigenvalue weighted by atomic mass is 10.1. The van der Waals surface area contributed by atoms with Gasteiger partial charge in [0.15, 0.2) is 5.15 Å². The van der Waals surface area contributed by atoms with Crippen LogP contribution >= 0.6 is 11.6 Å². The van der Waals surface area contributed by atoms with Crippen LogP contribution in [0.3, 0.4) is 0 Å². The fourth-order valence-corrected chi connectivity index (χ4v) is 3.23. The molecule has 170 valence electrons. The minimum atomic E-state index is -4.47. The van der Waals surface area contributed by atoms with Crippen molar-refractivity contribution in [3.05, 3.63) is 71.4 Å². The van der Waals surface area contributed by atoms with Crippen LogP contribution in [0.5, 0.6) is 0 Å². The Balaban J connectivity index is 1.76. The fourth-order valence-electron chi connectivity index (χ4n) is 3.02. The van der Waals surface area contributed by atoms with Crippen LogP contribution in [0.2, 0.25) is 5.15 Å². The third-order valence-electron chi connectivity index (χ3n) is 4.59. The molecule has 2 aromatic heterocycles. The number of nitrogens with two attached hydrogens (primary N) is 1. The molecule has 33 heavy (non-hydrogen) atoms. The van der Waals surface area contributed by atoms with Crippen LogP contribution < -0.4 is 16.4 Å². The average molecular weight is 478 g/mol. The van der Waals surface area contributed by atoms with Crippen molar-refractivity contribution >= 4 is 40.4 Å². The van der Waals surface area contributed by atoms with Crippen LogP contribution in [0.25, 0.3) is 11.1 Å². The molecule has 0 aliphatic rings. The van der Waals surface area contributed by atoms with Gasteiger partial charge in [-0.15, -0.1) is 0 Å². The van der Waals surface area contributed by atoms with Gasteiger partial charge < -0.3 is 16.4 Å². The molecular weight excluding hydrogens is 462 g/mol. The molecule has 4 N–H and O–H groups in total. The van der Waals surface area contributed by atoms with E-state index < -0.39 is 17.6 Å². The molecule has 0 aliphatic carbocycles. The summed E-state index contributed by atoms with van der Waals surface area (Å²) < 4.78 is 54.7. The van der Waals surface area contributed by atoms with Crippen molar-refractivity contribution in [2.24, 2.45) is 7.05 Å². The normalized spacial score (nSPS) is 11.5. The highest BCUT2D eigenvalue weighted by Gasteiger charge is 2.30. The van der Waals surface area contributed by atoms with Crippen molar-refractivity contribution in [1.82, 2.24) is 19.7 Å². The van der Waals surface area contributed by atoms with Crippen LogP contribution in [-0.2, 0) is 13.2 Å². The van der Waals surface area contributed by atoms with Gasteiger partial charge in [0, 0.05) is 30.7 Å². The quantitative estimate of drug-likeness (QED) is 0.250. The summed E-state index contributed by atoms with van der Waals surface area (Å²) in [6.45, 7) is 0. The van der Waals surface area contributed by atoms with E-state index in [1.807, 2.05) is 0 Å². The van der Waals surface area contributed by atoms with Crippen molar-refractivity contribution in [3.63, 3.8) is 0 Å². The lowest BCUT2D eigenvalue weighted by Crippen LogP contribution is -2.05. The number of aryl methyl sites for hydroxylation is 1. The van der Waals surface area contributed by atoms with Crippen LogP contribution in [0.15, 0.2) is 54.9 Å². The minimum Gasteiger partial charge on any atom is -0.399 e. The summed E-state index contributed by atoms with van der Waals surface area (Å²) in [5, 5.41) is 9.95. The van der Waals surface area contributed by atoms with E-state index >= 15 is 0 Å². The molecule has 0 radical (unpaired) electrons. The highest BCUT2D eigenvalue weighted by atomic mass is 35.5. The van der Waals surface area contributed by atoms with Gasteiger partial charge in [0.25, 0.3) is 0 Å². The van der Waals surface area contributed by atoms with Gasteiger partial charge in [-0.1, -0.05) is 23.7 Å². The number of halogens is 5. The number of aromatic nitrogens is 4. The van der Waals surface area contributed by atoms with Gasteiger partial charge in [0.2, 0.25) is 5.95 Å². The predicted octanol–water partition coefficient (Wildman–Crippen LogP) is 5.76. The molecule has 0 bridgehead atoms. The molecule has 0 saturated heterocycles. The van der Waals surface area contributed by atoms with Crippen molar-refractivity contribution in [3.8, 4) is 11.1 Å². The molecule has 0 amide bonds. The second-order valence-electron chi connectivity index (χ2n) is 7.03. The Morgan fingerprint density at radius 3 is 2.39 bits per heavy atom. The van der Waals surface area contributed by atoms with Gasteiger partial charge >= 0.3 is 6.18 Å². The van der Waals surface area contributed by atoms with Crippen LogP contribution in [-0.4, -0.2) is 19.7 Å². The van der Waals surface area contributed by atoms with Crippen molar-refractivity contribution in [2.45, 2.75) is 6.18 Å². The maximum Gasteiger partial charge on any atom is 0.416 e. The number of benzene rings is 2. The summed E-state index contributed by atoms with van der Waals surface area (Å²) in [6, 6.07) is 8.42. The first kappa shape index (κ1) is 22.3. The molecule has 0 unspecified atom stereocenters.